The fourth-order valence-electron chi connectivity index (χ4n) is 3.22. The van der Waals surface area contributed by atoms with E-state index in [-0.39, 0.29) is 30.2 Å². The van der Waals surface area contributed by atoms with Crippen LogP contribution >= 0.6 is 0 Å². The van der Waals surface area contributed by atoms with Crippen molar-refractivity contribution in [3.05, 3.63) is 41.9 Å². The molecule has 1 N–H and O–H groups in total. The molecule has 30 heavy (non-hydrogen) atoms. The molecule has 0 radical (unpaired) electrons. The molecule has 0 saturated carbocycles. The Hall–Kier alpha value is -3.43. The predicted molar refractivity (Wildman–Crippen MR) is 106 cm³/mol. The van der Waals surface area contributed by atoms with Crippen molar-refractivity contribution < 1.29 is 23.9 Å². The highest BCUT2D eigenvalue weighted by atomic mass is 16.6. The largest absolute Gasteiger partial charge is 0.452 e. The minimum atomic E-state index is -0.623. The first-order valence-corrected chi connectivity index (χ1v) is 9.83. The predicted octanol–water partition coefficient (Wildman–Crippen LogP) is 1.47. The Balaban J connectivity index is 1.46. The summed E-state index contributed by atoms with van der Waals surface area (Å²) in [6.45, 7) is 4.46. The quantitative estimate of drug-likeness (QED) is 0.710. The van der Waals surface area contributed by atoms with Gasteiger partial charge in [0.2, 0.25) is 0 Å². The van der Waals surface area contributed by atoms with Gasteiger partial charge in [0.1, 0.15) is 5.56 Å². The van der Waals surface area contributed by atoms with Crippen molar-refractivity contribution in [2.24, 2.45) is 0 Å². The first-order valence-electron chi connectivity index (χ1n) is 9.83. The van der Waals surface area contributed by atoms with Crippen molar-refractivity contribution >= 4 is 18.0 Å². The van der Waals surface area contributed by atoms with Crippen LogP contribution in [-0.4, -0.2) is 70.0 Å². The molecule has 2 aromatic rings. The van der Waals surface area contributed by atoms with E-state index >= 15 is 0 Å². The highest BCUT2D eigenvalue weighted by molar-refractivity contribution is 5.92. The average Bonchev–Trinajstić information content (AvgIpc) is 3.14. The number of nitrogens with zero attached hydrogens (tertiary/aromatic N) is 4. The van der Waals surface area contributed by atoms with Crippen molar-refractivity contribution in [2.75, 3.05) is 26.3 Å². The SMILES string of the molecule is CCOC(=O)N1CCC(NC(=O)COC(=O)c2cnn(-c3ccccn3)c2C)CC1. The maximum atomic E-state index is 12.4. The normalized spacial score (nSPS) is 14.3. The second kappa shape index (κ2) is 9.86. The van der Waals surface area contributed by atoms with Gasteiger partial charge >= 0.3 is 12.1 Å². The van der Waals surface area contributed by atoms with Crippen LogP contribution in [0, 0.1) is 6.92 Å². The van der Waals surface area contributed by atoms with E-state index in [9.17, 15) is 14.4 Å². The first-order chi connectivity index (χ1) is 14.5. The maximum Gasteiger partial charge on any atom is 0.409 e. The topological polar surface area (TPSA) is 116 Å². The minimum Gasteiger partial charge on any atom is -0.452 e. The lowest BCUT2D eigenvalue weighted by molar-refractivity contribution is -0.125. The lowest BCUT2D eigenvalue weighted by atomic mass is 10.1. The Kier molecular flexibility index (Phi) is 6.99. The molecule has 1 saturated heterocycles. The number of carbonyl (C=O) groups is 3. The van der Waals surface area contributed by atoms with E-state index < -0.39 is 5.97 Å². The second-order valence-electron chi connectivity index (χ2n) is 6.85. The van der Waals surface area contributed by atoms with Crippen LogP contribution in [0.25, 0.3) is 5.82 Å². The number of esters is 1. The number of pyridine rings is 1. The third-order valence-corrected chi connectivity index (χ3v) is 4.82. The number of amides is 2. The van der Waals surface area contributed by atoms with Gasteiger partial charge in [-0.15, -0.1) is 0 Å². The number of hydrogen-bond acceptors (Lipinski definition) is 7. The number of ether oxygens (including phenoxy) is 2. The smallest absolute Gasteiger partial charge is 0.409 e. The van der Waals surface area contributed by atoms with E-state index in [1.165, 1.54) is 10.9 Å². The van der Waals surface area contributed by atoms with Gasteiger partial charge in [-0.25, -0.2) is 19.3 Å². The summed E-state index contributed by atoms with van der Waals surface area (Å²) in [5.74, 6) is -0.421. The van der Waals surface area contributed by atoms with E-state index in [1.807, 2.05) is 6.07 Å². The summed E-state index contributed by atoms with van der Waals surface area (Å²) in [5, 5.41) is 7.01. The molecule has 10 nitrogen and oxygen atoms in total. The number of aromatic nitrogens is 3. The number of nitrogens with one attached hydrogen (secondary N) is 1. The number of rotatable bonds is 6. The van der Waals surface area contributed by atoms with Crippen LogP contribution in [0.5, 0.6) is 0 Å². The van der Waals surface area contributed by atoms with Crippen LogP contribution in [0.4, 0.5) is 4.79 Å². The van der Waals surface area contributed by atoms with Gasteiger partial charge in [-0.3, -0.25) is 4.79 Å². The lowest BCUT2D eigenvalue weighted by Crippen LogP contribution is -2.47. The van der Waals surface area contributed by atoms with Crippen LogP contribution in [0.3, 0.4) is 0 Å². The second-order valence-corrected chi connectivity index (χ2v) is 6.85. The van der Waals surface area contributed by atoms with Gasteiger partial charge in [0.25, 0.3) is 5.91 Å². The maximum absolute atomic E-state index is 12.4. The zero-order valence-corrected chi connectivity index (χ0v) is 17.0. The summed E-state index contributed by atoms with van der Waals surface area (Å²) < 4.78 is 11.7. The summed E-state index contributed by atoms with van der Waals surface area (Å²) in [6, 6.07) is 5.31. The minimum absolute atomic E-state index is 0.0736. The van der Waals surface area contributed by atoms with Crippen LogP contribution in [0.1, 0.15) is 35.8 Å². The summed E-state index contributed by atoms with van der Waals surface area (Å²) in [4.78, 5) is 42.0. The molecule has 0 aliphatic carbocycles. The Morgan fingerprint density at radius 3 is 2.63 bits per heavy atom. The zero-order chi connectivity index (χ0) is 21.5. The molecule has 0 unspecified atom stereocenters. The van der Waals surface area contributed by atoms with Crippen LogP contribution < -0.4 is 5.32 Å². The molecular weight excluding hydrogens is 390 g/mol. The van der Waals surface area contributed by atoms with Crippen LogP contribution in [0.2, 0.25) is 0 Å². The summed E-state index contributed by atoms with van der Waals surface area (Å²) in [7, 11) is 0. The van der Waals surface area contributed by atoms with Gasteiger partial charge in [-0.1, -0.05) is 6.07 Å². The molecule has 0 aromatic carbocycles. The van der Waals surface area contributed by atoms with Crippen molar-refractivity contribution in [3.63, 3.8) is 0 Å². The summed E-state index contributed by atoms with van der Waals surface area (Å²) in [6.07, 6.45) is 3.94. The number of likely N-dealkylation sites (tertiary alicyclic amines) is 1. The van der Waals surface area contributed by atoms with E-state index in [0.717, 1.165) is 0 Å². The molecule has 0 atom stereocenters. The van der Waals surface area contributed by atoms with Gasteiger partial charge < -0.3 is 19.7 Å². The zero-order valence-electron chi connectivity index (χ0n) is 17.0. The Labute approximate surface area is 174 Å². The van der Waals surface area contributed by atoms with E-state index in [4.69, 9.17) is 9.47 Å². The third kappa shape index (κ3) is 5.13. The molecule has 0 spiro atoms. The van der Waals surface area contributed by atoms with E-state index in [0.29, 0.717) is 44.0 Å². The van der Waals surface area contributed by atoms with Crippen molar-refractivity contribution in [1.29, 1.82) is 0 Å². The molecule has 10 heteroatoms. The Bertz CT molecular complexity index is 890. The average molecular weight is 415 g/mol. The standard InChI is InChI=1S/C20H25N5O5/c1-3-29-20(28)24-10-7-15(8-11-24)23-18(26)13-30-19(27)16-12-22-25(14(16)2)17-6-4-5-9-21-17/h4-6,9,12,15H,3,7-8,10-11,13H2,1-2H3,(H,23,26). The van der Waals surface area contributed by atoms with E-state index in [2.05, 4.69) is 15.4 Å². The Morgan fingerprint density at radius 2 is 1.97 bits per heavy atom. The molecule has 160 valence electrons. The molecular formula is C20H25N5O5. The molecule has 1 fully saturated rings. The fraction of sp³-hybridized carbons (Fsp3) is 0.450. The molecule has 1 aliphatic rings. The van der Waals surface area contributed by atoms with E-state index in [1.54, 1.807) is 37.1 Å². The van der Waals surface area contributed by atoms with Crippen molar-refractivity contribution in [2.45, 2.75) is 32.7 Å². The monoisotopic (exact) mass is 415 g/mol. The van der Waals surface area contributed by atoms with Gasteiger partial charge in [0.05, 0.1) is 18.5 Å². The molecule has 3 rings (SSSR count). The summed E-state index contributed by atoms with van der Waals surface area (Å²) in [5.41, 5.74) is 0.849. The number of carbonyl (C=O) groups excluding carboxylic acids is 3. The molecule has 3 heterocycles. The molecule has 2 aromatic heterocycles. The third-order valence-electron chi connectivity index (χ3n) is 4.82. The molecule has 2 amide bonds. The van der Waals surface area contributed by atoms with Crippen LogP contribution in [0.15, 0.2) is 30.6 Å². The van der Waals surface area contributed by atoms with Crippen molar-refractivity contribution in [3.8, 4) is 5.82 Å². The van der Waals surface area contributed by atoms with Gasteiger partial charge in [-0.2, -0.15) is 5.10 Å². The van der Waals surface area contributed by atoms with Crippen LogP contribution in [-0.2, 0) is 14.3 Å². The van der Waals surface area contributed by atoms with Gasteiger partial charge in [0.15, 0.2) is 12.4 Å². The summed E-state index contributed by atoms with van der Waals surface area (Å²) >= 11 is 0. The Morgan fingerprint density at radius 1 is 1.20 bits per heavy atom. The number of hydrogen-bond donors (Lipinski definition) is 1. The van der Waals surface area contributed by atoms with Gasteiger partial charge in [0, 0.05) is 25.3 Å². The number of piperidine rings is 1. The fourth-order valence-corrected chi connectivity index (χ4v) is 3.22. The van der Waals surface area contributed by atoms with Crippen molar-refractivity contribution in [1.82, 2.24) is 25.0 Å². The highest BCUT2D eigenvalue weighted by Gasteiger charge is 2.25. The highest BCUT2D eigenvalue weighted by Crippen LogP contribution is 2.14. The molecule has 1 aliphatic heterocycles. The lowest BCUT2D eigenvalue weighted by Gasteiger charge is -2.31. The molecule has 0 bridgehead atoms. The first kappa shape index (κ1) is 21.3. The van der Waals surface area contributed by atoms with Gasteiger partial charge in [-0.05, 0) is 38.8 Å².